The standard InChI is InChI=1S/C11H14F3N3O/c1-2-17(7-9-5-3-4-6-15-9)10(18)16-8-11(12,13)14/h3-6H,2,7-8H2,1H3,(H,16,18). The Bertz CT molecular complexity index is 381. The van der Waals surface area contributed by atoms with E-state index in [1.54, 1.807) is 31.3 Å². The number of carbonyl (C=O) groups is 1. The molecule has 0 bridgehead atoms. The zero-order valence-corrected chi connectivity index (χ0v) is 9.87. The highest BCUT2D eigenvalue weighted by molar-refractivity contribution is 5.74. The average Bonchev–Trinajstić information content (AvgIpc) is 2.33. The van der Waals surface area contributed by atoms with Crippen LogP contribution in [0, 0.1) is 0 Å². The molecule has 0 radical (unpaired) electrons. The number of nitrogens with one attached hydrogen (secondary N) is 1. The molecule has 0 atom stereocenters. The Labute approximate surface area is 103 Å². The van der Waals surface area contributed by atoms with E-state index in [0.29, 0.717) is 12.2 Å². The predicted molar refractivity (Wildman–Crippen MR) is 59.8 cm³/mol. The van der Waals surface area contributed by atoms with Gasteiger partial charge in [0.25, 0.3) is 0 Å². The van der Waals surface area contributed by atoms with Crippen LogP contribution < -0.4 is 5.32 Å². The van der Waals surface area contributed by atoms with Gasteiger partial charge in [-0.25, -0.2) is 4.79 Å². The smallest absolute Gasteiger partial charge is 0.329 e. The number of halogens is 3. The van der Waals surface area contributed by atoms with E-state index in [1.807, 2.05) is 5.32 Å². The van der Waals surface area contributed by atoms with Crippen LogP contribution in [-0.2, 0) is 6.54 Å². The molecule has 0 spiro atoms. The maximum atomic E-state index is 12.0. The van der Waals surface area contributed by atoms with Crippen LogP contribution in [0.5, 0.6) is 0 Å². The molecule has 0 fully saturated rings. The number of pyridine rings is 1. The van der Waals surface area contributed by atoms with Crippen molar-refractivity contribution in [3.8, 4) is 0 Å². The molecule has 1 heterocycles. The highest BCUT2D eigenvalue weighted by atomic mass is 19.4. The molecule has 0 aliphatic heterocycles. The number of hydrogen-bond donors (Lipinski definition) is 1. The van der Waals surface area contributed by atoms with Crippen LogP contribution in [0.3, 0.4) is 0 Å². The van der Waals surface area contributed by atoms with E-state index in [1.165, 1.54) is 4.90 Å². The summed E-state index contributed by atoms with van der Waals surface area (Å²) >= 11 is 0. The molecule has 1 aromatic rings. The van der Waals surface area contributed by atoms with Crippen LogP contribution in [0.4, 0.5) is 18.0 Å². The van der Waals surface area contributed by atoms with Gasteiger partial charge in [0.1, 0.15) is 6.54 Å². The van der Waals surface area contributed by atoms with Crippen LogP contribution in [0.2, 0.25) is 0 Å². The van der Waals surface area contributed by atoms with E-state index in [-0.39, 0.29) is 6.54 Å². The number of hydrogen-bond acceptors (Lipinski definition) is 2. The fraction of sp³-hybridized carbons (Fsp3) is 0.455. The molecule has 7 heteroatoms. The van der Waals surface area contributed by atoms with Gasteiger partial charge in [0, 0.05) is 12.7 Å². The number of alkyl halides is 3. The Balaban J connectivity index is 2.53. The van der Waals surface area contributed by atoms with Gasteiger partial charge in [0.15, 0.2) is 0 Å². The number of nitrogens with zero attached hydrogens (tertiary/aromatic N) is 2. The monoisotopic (exact) mass is 261 g/mol. The summed E-state index contributed by atoms with van der Waals surface area (Å²) in [5, 5.41) is 1.83. The highest BCUT2D eigenvalue weighted by Crippen LogP contribution is 2.12. The molecule has 0 aliphatic rings. The SMILES string of the molecule is CCN(Cc1ccccn1)C(=O)NCC(F)(F)F. The number of carbonyl (C=O) groups excluding carboxylic acids is 1. The van der Waals surface area contributed by atoms with E-state index in [4.69, 9.17) is 0 Å². The zero-order valence-electron chi connectivity index (χ0n) is 9.87. The van der Waals surface area contributed by atoms with Gasteiger partial charge < -0.3 is 10.2 Å². The minimum absolute atomic E-state index is 0.182. The van der Waals surface area contributed by atoms with Crippen molar-refractivity contribution in [3.05, 3.63) is 30.1 Å². The van der Waals surface area contributed by atoms with Crippen molar-refractivity contribution in [1.82, 2.24) is 15.2 Å². The van der Waals surface area contributed by atoms with Gasteiger partial charge in [0.05, 0.1) is 12.2 Å². The first kappa shape index (κ1) is 14.3. The fourth-order valence-electron chi connectivity index (χ4n) is 1.30. The van der Waals surface area contributed by atoms with E-state index < -0.39 is 18.8 Å². The zero-order chi connectivity index (χ0) is 13.6. The third-order valence-corrected chi connectivity index (χ3v) is 2.19. The first-order valence-electron chi connectivity index (χ1n) is 5.42. The van der Waals surface area contributed by atoms with Gasteiger partial charge in [0.2, 0.25) is 0 Å². The van der Waals surface area contributed by atoms with E-state index in [2.05, 4.69) is 4.98 Å². The molecule has 0 aromatic carbocycles. The number of urea groups is 1. The minimum atomic E-state index is -4.40. The first-order valence-corrected chi connectivity index (χ1v) is 5.42. The number of amides is 2. The second kappa shape index (κ2) is 6.23. The second-order valence-corrected chi connectivity index (χ2v) is 3.61. The highest BCUT2D eigenvalue weighted by Gasteiger charge is 2.28. The lowest BCUT2D eigenvalue weighted by Gasteiger charge is -2.21. The Morgan fingerprint density at radius 3 is 2.67 bits per heavy atom. The molecular formula is C11H14F3N3O. The molecule has 18 heavy (non-hydrogen) atoms. The quantitative estimate of drug-likeness (QED) is 0.902. The molecule has 2 amide bonds. The molecule has 1 N–H and O–H groups in total. The van der Waals surface area contributed by atoms with Gasteiger partial charge >= 0.3 is 12.2 Å². The molecule has 0 saturated carbocycles. The van der Waals surface area contributed by atoms with Crippen LogP contribution in [0.1, 0.15) is 12.6 Å². The summed E-state index contributed by atoms with van der Waals surface area (Å²) < 4.78 is 35.9. The van der Waals surface area contributed by atoms with Crippen molar-refractivity contribution in [3.63, 3.8) is 0 Å². The summed E-state index contributed by atoms with van der Waals surface area (Å²) in [5.41, 5.74) is 0.626. The molecule has 4 nitrogen and oxygen atoms in total. The lowest BCUT2D eigenvalue weighted by atomic mass is 10.3. The van der Waals surface area contributed by atoms with Crippen molar-refractivity contribution >= 4 is 6.03 Å². The first-order chi connectivity index (χ1) is 8.42. The van der Waals surface area contributed by atoms with Gasteiger partial charge in [-0.15, -0.1) is 0 Å². The van der Waals surface area contributed by atoms with Crippen LogP contribution in [0.25, 0.3) is 0 Å². The van der Waals surface area contributed by atoms with E-state index in [9.17, 15) is 18.0 Å². The summed E-state index contributed by atoms with van der Waals surface area (Å²) in [5.74, 6) is 0. The van der Waals surface area contributed by atoms with Crippen LogP contribution in [0.15, 0.2) is 24.4 Å². The van der Waals surface area contributed by atoms with Gasteiger partial charge in [-0.3, -0.25) is 4.98 Å². The Morgan fingerprint density at radius 2 is 2.17 bits per heavy atom. The lowest BCUT2D eigenvalue weighted by Crippen LogP contribution is -2.43. The summed E-state index contributed by atoms with van der Waals surface area (Å²) in [7, 11) is 0. The average molecular weight is 261 g/mol. The van der Waals surface area contributed by atoms with Crippen molar-refractivity contribution in [2.24, 2.45) is 0 Å². The maximum absolute atomic E-state index is 12.0. The van der Waals surface area contributed by atoms with Crippen LogP contribution >= 0.6 is 0 Å². The third kappa shape index (κ3) is 5.03. The van der Waals surface area contributed by atoms with Crippen molar-refractivity contribution in [1.29, 1.82) is 0 Å². The van der Waals surface area contributed by atoms with Gasteiger partial charge in [-0.1, -0.05) is 6.07 Å². The summed E-state index contributed by atoms with van der Waals surface area (Å²) in [4.78, 5) is 16.8. The van der Waals surface area contributed by atoms with E-state index >= 15 is 0 Å². The number of rotatable bonds is 4. The largest absolute Gasteiger partial charge is 0.405 e. The lowest BCUT2D eigenvalue weighted by molar-refractivity contribution is -0.123. The molecule has 0 saturated heterocycles. The molecule has 1 rings (SSSR count). The topological polar surface area (TPSA) is 45.2 Å². The third-order valence-electron chi connectivity index (χ3n) is 2.19. The van der Waals surface area contributed by atoms with Crippen molar-refractivity contribution in [2.45, 2.75) is 19.6 Å². The Kier molecular flexibility index (Phi) is 4.94. The summed E-state index contributed by atoms with van der Waals surface area (Å²) in [6, 6.07) is 4.44. The summed E-state index contributed by atoms with van der Waals surface area (Å²) in [6.45, 7) is 0.849. The minimum Gasteiger partial charge on any atom is -0.329 e. The normalized spacial score (nSPS) is 11.1. The van der Waals surface area contributed by atoms with E-state index in [0.717, 1.165) is 0 Å². The predicted octanol–water partition coefficient (Wildman–Crippen LogP) is 2.18. The molecule has 0 aliphatic carbocycles. The Hall–Kier alpha value is -1.79. The fourth-order valence-corrected chi connectivity index (χ4v) is 1.30. The molecule has 0 unspecified atom stereocenters. The number of aromatic nitrogens is 1. The molecular weight excluding hydrogens is 247 g/mol. The van der Waals surface area contributed by atoms with Gasteiger partial charge in [-0.2, -0.15) is 13.2 Å². The van der Waals surface area contributed by atoms with Crippen LogP contribution in [-0.4, -0.2) is 35.2 Å². The van der Waals surface area contributed by atoms with Crippen molar-refractivity contribution in [2.75, 3.05) is 13.1 Å². The molecule has 1 aromatic heterocycles. The summed E-state index contributed by atoms with van der Waals surface area (Å²) in [6.07, 6.45) is -2.84. The van der Waals surface area contributed by atoms with Crippen molar-refractivity contribution < 1.29 is 18.0 Å². The molecule has 100 valence electrons. The Morgan fingerprint density at radius 1 is 1.44 bits per heavy atom. The second-order valence-electron chi connectivity index (χ2n) is 3.61. The van der Waals surface area contributed by atoms with Gasteiger partial charge in [-0.05, 0) is 19.1 Å². The maximum Gasteiger partial charge on any atom is 0.405 e.